The maximum absolute atomic E-state index is 14.0. The number of halogens is 4. The molecule has 2 amide bonds. The number of aromatic nitrogens is 1. The summed E-state index contributed by atoms with van der Waals surface area (Å²) in [7, 11) is 0. The Balaban J connectivity index is 1.62. The Bertz CT molecular complexity index is 853. The molecule has 4 nitrogen and oxygen atoms in total. The van der Waals surface area contributed by atoms with Gasteiger partial charge in [0, 0.05) is 23.5 Å². The van der Waals surface area contributed by atoms with Crippen molar-refractivity contribution >= 4 is 46.5 Å². The van der Waals surface area contributed by atoms with Gasteiger partial charge in [-0.2, -0.15) is 4.39 Å². The number of pyridine rings is 1. The van der Waals surface area contributed by atoms with Crippen LogP contribution >= 0.6 is 34.8 Å². The van der Waals surface area contributed by atoms with Crippen molar-refractivity contribution in [1.29, 1.82) is 0 Å². The van der Waals surface area contributed by atoms with E-state index in [2.05, 4.69) is 10.3 Å². The number of nitrogens with zero attached hydrogens (tertiary/aromatic N) is 2. The zero-order valence-electron chi connectivity index (χ0n) is 12.9. The fourth-order valence-electron chi connectivity index (χ4n) is 3.74. The lowest BCUT2D eigenvalue weighted by molar-refractivity contribution is 0.178. The summed E-state index contributed by atoms with van der Waals surface area (Å²) in [4.78, 5) is 18.3. The van der Waals surface area contributed by atoms with Crippen LogP contribution in [0.25, 0.3) is 0 Å². The molecule has 2 bridgehead atoms. The summed E-state index contributed by atoms with van der Waals surface area (Å²) in [5, 5.41) is 3.60. The van der Waals surface area contributed by atoms with Crippen molar-refractivity contribution in [2.45, 2.75) is 31.3 Å². The minimum Gasteiger partial charge on any atom is -0.314 e. The Morgan fingerprint density at radius 2 is 1.96 bits per heavy atom. The maximum Gasteiger partial charge on any atom is 0.322 e. The quantitative estimate of drug-likeness (QED) is 0.509. The molecule has 0 aliphatic carbocycles. The second-order valence-corrected chi connectivity index (χ2v) is 7.40. The number of urea groups is 1. The van der Waals surface area contributed by atoms with Crippen molar-refractivity contribution in [2.75, 3.05) is 5.32 Å². The van der Waals surface area contributed by atoms with E-state index in [1.165, 1.54) is 6.20 Å². The summed E-state index contributed by atoms with van der Waals surface area (Å²) in [6.07, 6.45) is 3.55. The second-order valence-electron chi connectivity index (χ2n) is 6.21. The number of hydrogen-bond acceptors (Lipinski definition) is 2. The lowest BCUT2D eigenvalue weighted by Gasteiger charge is -2.36. The van der Waals surface area contributed by atoms with Crippen LogP contribution in [0.4, 0.5) is 14.9 Å². The first-order chi connectivity index (χ1) is 12.0. The first-order valence-electron chi connectivity index (χ1n) is 7.83. The Morgan fingerprint density at radius 1 is 1.24 bits per heavy atom. The van der Waals surface area contributed by atoms with Crippen LogP contribution in [0.15, 0.2) is 24.4 Å². The van der Waals surface area contributed by atoms with Crippen molar-refractivity contribution < 1.29 is 9.18 Å². The van der Waals surface area contributed by atoms with Gasteiger partial charge >= 0.3 is 6.03 Å². The third-order valence-corrected chi connectivity index (χ3v) is 6.01. The lowest BCUT2D eigenvalue weighted by atomic mass is 9.95. The van der Waals surface area contributed by atoms with Crippen LogP contribution in [-0.2, 0) is 6.42 Å². The van der Waals surface area contributed by atoms with Gasteiger partial charge in [0.2, 0.25) is 5.95 Å². The van der Waals surface area contributed by atoms with Gasteiger partial charge in [0.15, 0.2) is 0 Å². The van der Waals surface area contributed by atoms with Gasteiger partial charge in [-0.1, -0.05) is 34.8 Å². The summed E-state index contributed by atoms with van der Waals surface area (Å²) in [5.41, 5.74) is 1.93. The molecule has 8 heteroatoms. The molecule has 130 valence electrons. The van der Waals surface area contributed by atoms with Gasteiger partial charge < -0.3 is 10.2 Å². The first-order valence-corrected chi connectivity index (χ1v) is 8.96. The molecule has 3 heterocycles. The van der Waals surface area contributed by atoms with E-state index in [9.17, 15) is 9.18 Å². The van der Waals surface area contributed by atoms with Crippen molar-refractivity contribution in [2.24, 2.45) is 0 Å². The number of carbonyl (C=O) groups excluding carboxylic acids is 1. The second kappa shape index (κ2) is 6.31. The zero-order valence-corrected chi connectivity index (χ0v) is 15.2. The normalized spacial score (nSPS) is 21.2. The average Bonchev–Trinajstić information content (AvgIpc) is 2.89. The standard InChI is InChI=1S/C17H13Cl3FN3O/c18-12-5-8(6-13(19)15(12)20)23-17(25)24-9-1-2-14(24)10-3-4-22-16(21)11(10)7-9/h3-6,9,14H,1-2,7H2,(H,23,25). The van der Waals surface area contributed by atoms with Crippen LogP contribution in [0.3, 0.4) is 0 Å². The summed E-state index contributed by atoms with van der Waals surface area (Å²) in [5.74, 6) is -0.439. The number of benzene rings is 1. The van der Waals surface area contributed by atoms with Gasteiger partial charge in [0.25, 0.3) is 0 Å². The Morgan fingerprint density at radius 3 is 2.68 bits per heavy atom. The molecule has 1 fully saturated rings. The average molecular weight is 401 g/mol. The van der Waals surface area contributed by atoms with E-state index in [4.69, 9.17) is 34.8 Å². The first kappa shape index (κ1) is 16.9. The summed E-state index contributed by atoms with van der Waals surface area (Å²) in [6.45, 7) is 0. The highest BCUT2D eigenvalue weighted by Crippen LogP contribution is 2.44. The highest BCUT2D eigenvalue weighted by atomic mass is 35.5. The van der Waals surface area contributed by atoms with E-state index in [1.54, 1.807) is 23.1 Å². The van der Waals surface area contributed by atoms with Crippen LogP contribution in [0, 0.1) is 5.95 Å². The number of carbonyl (C=O) groups is 1. The van der Waals surface area contributed by atoms with E-state index < -0.39 is 5.95 Å². The molecule has 2 unspecified atom stereocenters. The summed E-state index contributed by atoms with van der Waals surface area (Å²) in [6, 6.07) is 4.44. The van der Waals surface area contributed by atoms with Crippen LogP contribution in [0.1, 0.15) is 30.0 Å². The van der Waals surface area contributed by atoms with Gasteiger partial charge in [0.05, 0.1) is 21.1 Å². The zero-order chi connectivity index (χ0) is 17.7. The number of fused-ring (bicyclic) bond motifs is 4. The van der Waals surface area contributed by atoms with Crippen molar-refractivity contribution in [3.63, 3.8) is 0 Å². The van der Waals surface area contributed by atoms with Gasteiger partial charge in [-0.05, 0) is 43.0 Å². The molecule has 1 N–H and O–H groups in total. The molecule has 0 radical (unpaired) electrons. The van der Waals surface area contributed by atoms with Crippen molar-refractivity contribution in [3.05, 3.63) is 56.5 Å². The number of nitrogens with one attached hydrogen (secondary N) is 1. The molecule has 2 aliphatic rings. The van der Waals surface area contributed by atoms with Crippen molar-refractivity contribution in [1.82, 2.24) is 9.88 Å². The van der Waals surface area contributed by atoms with Gasteiger partial charge in [0.1, 0.15) is 0 Å². The minimum atomic E-state index is -0.439. The highest BCUT2D eigenvalue weighted by Gasteiger charge is 2.43. The molecule has 2 atom stereocenters. The Kier molecular flexibility index (Phi) is 4.26. The molecule has 2 aliphatic heterocycles. The summed E-state index contributed by atoms with van der Waals surface area (Å²) < 4.78 is 14.0. The third kappa shape index (κ3) is 2.84. The van der Waals surface area contributed by atoms with Crippen LogP contribution in [0.2, 0.25) is 15.1 Å². The molecule has 0 spiro atoms. The van der Waals surface area contributed by atoms with Gasteiger partial charge in [-0.3, -0.25) is 0 Å². The van der Waals surface area contributed by atoms with Crippen LogP contribution in [0.5, 0.6) is 0 Å². The monoisotopic (exact) mass is 399 g/mol. The predicted octanol–water partition coefficient (Wildman–Crippen LogP) is 5.47. The summed E-state index contributed by atoms with van der Waals surface area (Å²) >= 11 is 18.0. The molecule has 1 aromatic heterocycles. The van der Waals surface area contributed by atoms with Crippen LogP contribution < -0.4 is 5.32 Å². The molecule has 0 saturated carbocycles. The van der Waals surface area contributed by atoms with Crippen molar-refractivity contribution in [3.8, 4) is 0 Å². The van der Waals surface area contributed by atoms with Crippen LogP contribution in [-0.4, -0.2) is 22.0 Å². The molecule has 4 rings (SSSR count). The smallest absolute Gasteiger partial charge is 0.314 e. The predicted molar refractivity (Wildman–Crippen MR) is 96.0 cm³/mol. The SMILES string of the molecule is O=C(Nc1cc(Cl)c(Cl)c(Cl)c1)N1C2CCC1c1ccnc(F)c1C2. The largest absolute Gasteiger partial charge is 0.322 e. The Labute approximate surface area is 158 Å². The molecule has 1 aromatic carbocycles. The van der Waals surface area contributed by atoms with Gasteiger partial charge in [-0.15, -0.1) is 0 Å². The minimum absolute atomic E-state index is 0.0468. The molecular weight excluding hydrogens is 388 g/mol. The number of hydrogen-bond donors (Lipinski definition) is 1. The topological polar surface area (TPSA) is 45.2 Å². The molecule has 1 saturated heterocycles. The van der Waals surface area contributed by atoms with E-state index in [-0.39, 0.29) is 33.2 Å². The third-order valence-electron chi connectivity index (χ3n) is 4.81. The number of amides is 2. The van der Waals surface area contributed by atoms with E-state index in [1.807, 2.05) is 0 Å². The molecule has 25 heavy (non-hydrogen) atoms. The fourth-order valence-corrected chi connectivity index (χ4v) is 4.34. The van der Waals surface area contributed by atoms with E-state index in [0.717, 1.165) is 18.4 Å². The maximum atomic E-state index is 14.0. The van der Waals surface area contributed by atoms with E-state index >= 15 is 0 Å². The lowest BCUT2D eigenvalue weighted by Crippen LogP contribution is -2.44. The van der Waals surface area contributed by atoms with Gasteiger partial charge in [-0.25, -0.2) is 9.78 Å². The number of rotatable bonds is 1. The fraction of sp³-hybridized carbons (Fsp3) is 0.294. The molecule has 2 aromatic rings. The van der Waals surface area contributed by atoms with E-state index in [0.29, 0.717) is 17.7 Å². The Hall–Kier alpha value is -1.56. The highest BCUT2D eigenvalue weighted by molar-refractivity contribution is 6.48. The molecular formula is C17H13Cl3FN3O. The number of anilines is 1.